The third kappa shape index (κ3) is 5.01. The number of hydrogen-bond acceptors (Lipinski definition) is 3. The van der Waals surface area contributed by atoms with Crippen LogP contribution in [0.4, 0.5) is 5.69 Å². The summed E-state index contributed by atoms with van der Waals surface area (Å²) < 4.78 is 4.87. The number of methoxy groups -OCH3 is 1. The van der Waals surface area contributed by atoms with Crippen LogP contribution in [0.15, 0.2) is 24.3 Å². The van der Waals surface area contributed by atoms with Crippen molar-refractivity contribution in [2.75, 3.05) is 25.6 Å². The van der Waals surface area contributed by atoms with Crippen LogP contribution in [-0.2, 0) is 9.53 Å². The molecule has 0 aromatic heterocycles. The zero-order valence-electron chi connectivity index (χ0n) is 12.4. The van der Waals surface area contributed by atoms with Gasteiger partial charge >= 0.3 is 0 Å². The van der Waals surface area contributed by atoms with Crippen molar-refractivity contribution in [3.63, 3.8) is 0 Å². The molecular weight excluding hydrogens is 256 g/mol. The lowest BCUT2D eigenvalue weighted by atomic mass is 9.95. The van der Waals surface area contributed by atoms with E-state index in [2.05, 4.69) is 10.6 Å². The molecule has 0 aliphatic rings. The second-order valence-corrected chi connectivity index (χ2v) is 5.53. The largest absolute Gasteiger partial charge is 0.383 e. The van der Waals surface area contributed by atoms with Gasteiger partial charge in [0.25, 0.3) is 5.91 Å². The van der Waals surface area contributed by atoms with E-state index in [1.807, 2.05) is 20.8 Å². The molecule has 1 rings (SSSR count). The molecule has 1 aromatic carbocycles. The minimum Gasteiger partial charge on any atom is -0.383 e. The highest BCUT2D eigenvalue weighted by molar-refractivity contribution is 5.98. The zero-order chi connectivity index (χ0) is 15.2. The van der Waals surface area contributed by atoms with Crippen molar-refractivity contribution in [3.8, 4) is 0 Å². The lowest BCUT2D eigenvalue weighted by Crippen LogP contribution is -2.28. The number of ether oxygens (including phenoxy) is 1. The van der Waals surface area contributed by atoms with Crippen molar-refractivity contribution in [3.05, 3.63) is 29.8 Å². The normalized spacial score (nSPS) is 11.0. The molecule has 20 heavy (non-hydrogen) atoms. The van der Waals surface area contributed by atoms with E-state index in [4.69, 9.17) is 4.74 Å². The first kappa shape index (κ1) is 16.2. The minimum atomic E-state index is -0.475. The summed E-state index contributed by atoms with van der Waals surface area (Å²) in [4.78, 5) is 23.8. The lowest BCUT2D eigenvalue weighted by Gasteiger charge is -2.18. The number of rotatable bonds is 5. The molecule has 110 valence electrons. The number of carbonyl (C=O) groups is 2. The maximum absolute atomic E-state index is 11.9. The van der Waals surface area contributed by atoms with E-state index >= 15 is 0 Å². The highest BCUT2D eigenvalue weighted by Crippen LogP contribution is 2.18. The first-order chi connectivity index (χ1) is 9.34. The first-order valence-electron chi connectivity index (χ1n) is 6.53. The molecule has 0 aliphatic heterocycles. The van der Waals surface area contributed by atoms with E-state index in [9.17, 15) is 9.59 Å². The van der Waals surface area contributed by atoms with Gasteiger partial charge in [-0.25, -0.2) is 0 Å². The number of benzene rings is 1. The van der Waals surface area contributed by atoms with Crippen LogP contribution in [0.2, 0.25) is 0 Å². The summed E-state index contributed by atoms with van der Waals surface area (Å²) in [5.41, 5.74) is 0.647. The quantitative estimate of drug-likeness (QED) is 0.810. The summed E-state index contributed by atoms with van der Waals surface area (Å²) in [7, 11) is 1.58. The van der Waals surface area contributed by atoms with Gasteiger partial charge in [0, 0.05) is 30.3 Å². The minimum absolute atomic E-state index is 0.0885. The van der Waals surface area contributed by atoms with Gasteiger partial charge in [0.15, 0.2) is 0 Å². The topological polar surface area (TPSA) is 67.4 Å². The van der Waals surface area contributed by atoms with Crippen LogP contribution in [-0.4, -0.2) is 32.1 Å². The van der Waals surface area contributed by atoms with E-state index in [1.54, 1.807) is 31.4 Å². The van der Waals surface area contributed by atoms with Crippen molar-refractivity contribution in [2.45, 2.75) is 20.8 Å². The summed E-state index contributed by atoms with van der Waals surface area (Å²) in [5.74, 6) is -0.275. The molecule has 0 unspecified atom stereocenters. The summed E-state index contributed by atoms with van der Waals surface area (Å²) in [6.45, 7) is 6.43. The molecule has 0 spiro atoms. The van der Waals surface area contributed by atoms with Crippen molar-refractivity contribution >= 4 is 17.5 Å². The van der Waals surface area contributed by atoms with Crippen molar-refractivity contribution in [1.29, 1.82) is 0 Å². The van der Waals surface area contributed by atoms with Gasteiger partial charge in [-0.1, -0.05) is 26.8 Å². The number of amides is 2. The Bertz CT molecular complexity index is 478. The third-order valence-corrected chi connectivity index (χ3v) is 2.66. The molecule has 1 aromatic rings. The molecule has 0 saturated heterocycles. The van der Waals surface area contributed by atoms with Crippen LogP contribution in [0.25, 0.3) is 0 Å². The fourth-order valence-electron chi connectivity index (χ4n) is 1.43. The van der Waals surface area contributed by atoms with Crippen LogP contribution in [0.3, 0.4) is 0 Å². The van der Waals surface area contributed by atoms with Gasteiger partial charge in [-0.05, 0) is 18.2 Å². The van der Waals surface area contributed by atoms with Crippen LogP contribution < -0.4 is 10.6 Å². The second kappa shape index (κ2) is 7.05. The molecule has 0 radical (unpaired) electrons. The van der Waals surface area contributed by atoms with Gasteiger partial charge < -0.3 is 15.4 Å². The van der Waals surface area contributed by atoms with Crippen LogP contribution in [0.5, 0.6) is 0 Å². The summed E-state index contributed by atoms with van der Waals surface area (Å²) in [6, 6.07) is 6.86. The molecule has 0 fully saturated rings. The van der Waals surface area contributed by atoms with Gasteiger partial charge in [-0.3, -0.25) is 9.59 Å². The molecule has 0 atom stereocenters. The second-order valence-electron chi connectivity index (χ2n) is 5.53. The Labute approximate surface area is 119 Å². The van der Waals surface area contributed by atoms with E-state index < -0.39 is 5.41 Å². The van der Waals surface area contributed by atoms with E-state index in [1.165, 1.54) is 0 Å². The van der Waals surface area contributed by atoms with Crippen LogP contribution >= 0.6 is 0 Å². The molecular formula is C15H22N2O3. The first-order valence-corrected chi connectivity index (χ1v) is 6.53. The molecule has 2 amide bonds. The van der Waals surface area contributed by atoms with Gasteiger partial charge in [0.2, 0.25) is 5.91 Å². The fourth-order valence-corrected chi connectivity index (χ4v) is 1.43. The van der Waals surface area contributed by atoms with E-state index in [0.717, 1.165) is 0 Å². The maximum Gasteiger partial charge on any atom is 0.251 e. The molecule has 2 N–H and O–H groups in total. The Hall–Kier alpha value is -1.88. The molecule has 5 heteroatoms. The Kier molecular flexibility index (Phi) is 5.70. The molecule has 0 heterocycles. The number of carbonyl (C=O) groups excluding carboxylic acids is 2. The highest BCUT2D eigenvalue weighted by Gasteiger charge is 2.21. The third-order valence-electron chi connectivity index (χ3n) is 2.66. The number of hydrogen-bond donors (Lipinski definition) is 2. The average Bonchev–Trinajstić information content (AvgIpc) is 2.38. The Morgan fingerprint density at radius 3 is 2.55 bits per heavy atom. The maximum atomic E-state index is 11.9. The van der Waals surface area contributed by atoms with Gasteiger partial charge in [-0.15, -0.1) is 0 Å². The predicted molar refractivity (Wildman–Crippen MR) is 78.7 cm³/mol. The molecule has 0 aliphatic carbocycles. The monoisotopic (exact) mass is 278 g/mol. The standard InChI is InChI=1S/C15H22N2O3/c1-15(2,3)14(19)17-12-7-5-6-11(10-12)13(18)16-8-9-20-4/h5-7,10H,8-9H2,1-4H3,(H,16,18)(H,17,19). The number of anilines is 1. The SMILES string of the molecule is COCCNC(=O)c1cccc(NC(=O)C(C)(C)C)c1. The Morgan fingerprint density at radius 1 is 1.25 bits per heavy atom. The van der Waals surface area contributed by atoms with Gasteiger partial charge in [-0.2, -0.15) is 0 Å². The summed E-state index contributed by atoms with van der Waals surface area (Å²) in [6.07, 6.45) is 0. The van der Waals surface area contributed by atoms with E-state index in [0.29, 0.717) is 24.4 Å². The van der Waals surface area contributed by atoms with Crippen molar-refractivity contribution in [1.82, 2.24) is 5.32 Å². The van der Waals surface area contributed by atoms with Gasteiger partial charge in [0.05, 0.1) is 6.61 Å². The van der Waals surface area contributed by atoms with E-state index in [-0.39, 0.29) is 11.8 Å². The Morgan fingerprint density at radius 2 is 1.95 bits per heavy atom. The van der Waals surface area contributed by atoms with Crippen LogP contribution in [0, 0.1) is 5.41 Å². The fraction of sp³-hybridized carbons (Fsp3) is 0.467. The highest BCUT2D eigenvalue weighted by atomic mass is 16.5. The smallest absolute Gasteiger partial charge is 0.251 e. The zero-order valence-corrected chi connectivity index (χ0v) is 12.4. The average molecular weight is 278 g/mol. The van der Waals surface area contributed by atoms with Crippen molar-refractivity contribution in [2.24, 2.45) is 5.41 Å². The molecule has 5 nitrogen and oxygen atoms in total. The summed E-state index contributed by atoms with van der Waals surface area (Å²) in [5, 5.41) is 5.53. The summed E-state index contributed by atoms with van der Waals surface area (Å²) >= 11 is 0. The van der Waals surface area contributed by atoms with Crippen LogP contribution in [0.1, 0.15) is 31.1 Å². The Balaban J connectivity index is 2.71. The number of nitrogens with one attached hydrogen (secondary N) is 2. The molecule has 0 saturated carbocycles. The predicted octanol–water partition coefficient (Wildman–Crippen LogP) is 2.05. The lowest BCUT2D eigenvalue weighted by molar-refractivity contribution is -0.123. The molecule has 0 bridgehead atoms. The van der Waals surface area contributed by atoms with Crippen molar-refractivity contribution < 1.29 is 14.3 Å². The van der Waals surface area contributed by atoms with Gasteiger partial charge in [0.1, 0.15) is 0 Å².